The highest BCUT2D eigenvalue weighted by molar-refractivity contribution is 5.23. The van der Waals surface area contributed by atoms with E-state index in [2.05, 4.69) is 50.3 Å². The van der Waals surface area contributed by atoms with Crippen molar-refractivity contribution in [2.75, 3.05) is 0 Å². The highest BCUT2D eigenvalue weighted by Crippen LogP contribution is 2.14. The molecular weight excluding hydrogens is 348 g/mol. The summed E-state index contributed by atoms with van der Waals surface area (Å²) in [7, 11) is 0. The Morgan fingerprint density at radius 2 is 0.931 bits per heavy atom. The van der Waals surface area contributed by atoms with Gasteiger partial charge in [0.25, 0.3) is 0 Å². The fraction of sp³-hybridized carbons (Fsp3) is 0.724. The zero-order valence-electron chi connectivity index (χ0n) is 19.9. The van der Waals surface area contributed by atoms with Crippen LogP contribution in [0.2, 0.25) is 0 Å². The van der Waals surface area contributed by atoms with Gasteiger partial charge in [0.05, 0.1) is 0 Å². The predicted molar refractivity (Wildman–Crippen MR) is 133 cm³/mol. The van der Waals surface area contributed by atoms with Gasteiger partial charge in [-0.15, -0.1) is 0 Å². The van der Waals surface area contributed by atoms with E-state index in [1.54, 1.807) is 11.1 Å². The van der Waals surface area contributed by atoms with Crippen LogP contribution in [0.4, 0.5) is 0 Å². The van der Waals surface area contributed by atoms with Gasteiger partial charge in [-0.05, 0) is 62.5 Å². The van der Waals surface area contributed by atoms with E-state index in [1.807, 2.05) is 0 Å². The molecule has 0 heteroatoms. The first-order valence-electron chi connectivity index (χ1n) is 13.1. The van der Waals surface area contributed by atoms with Crippen molar-refractivity contribution in [2.24, 2.45) is 0 Å². The van der Waals surface area contributed by atoms with E-state index in [0.717, 1.165) is 0 Å². The van der Waals surface area contributed by atoms with Crippen LogP contribution in [0.25, 0.3) is 0 Å². The molecule has 1 rings (SSSR count). The summed E-state index contributed by atoms with van der Waals surface area (Å²) in [5, 5.41) is 0. The van der Waals surface area contributed by atoms with Crippen molar-refractivity contribution in [2.45, 2.75) is 136 Å². The molecule has 0 fully saturated rings. The fourth-order valence-electron chi connectivity index (χ4n) is 4.10. The minimum Gasteiger partial charge on any atom is -0.0885 e. The first-order chi connectivity index (χ1) is 14.4. The third-order valence-electron chi connectivity index (χ3n) is 6.04. The van der Waals surface area contributed by atoms with Gasteiger partial charge in [-0.25, -0.2) is 0 Å². The molecule has 0 nitrogen and oxygen atoms in total. The second-order valence-corrected chi connectivity index (χ2v) is 8.96. The zero-order chi connectivity index (χ0) is 20.8. The van der Waals surface area contributed by atoms with Crippen molar-refractivity contribution in [3.63, 3.8) is 0 Å². The molecule has 0 amide bonds. The number of aryl methyl sites for hydroxylation is 2. The SMILES string of the molecule is CCCCCCCC/C=C\CCCCCCCCc1cccc(CCCCC)c1. The Morgan fingerprint density at radius 3 is 1.48 bits per heavy atom. The molecule has 0 saturated carbocycles. The number of hydrogen-bond acceptors (Lipinski definition) is 0. The fourth-order valence-corrected chi connectivity index (χ4v) is 4.10. The van der Waals surface area contributed by atoms with E-state index in [9.17, 15) is 0 Å². The maximum Gasteiger partial charge on any atom is -0.0279 e. The van der Waals surface area contributed by atoms with E-state index in [1.165, 1.54) is 122 Å². The molecule has 0 aromatic heterocycles. The average molecular weight is 399 g/mol. The van der Waals surface area contributed by atoms with Gasteiger partial charge >= 0.3 is 0 Å². The summed E-state index contributed by atoms with van der Waals surface area (Å²) in [6.45, 7) is 4.57. The lowest BCUT2D eigenvalue weighted by Crippen LogP contribution is -1.90. The zero-order valence-corrected chi connectivity index (χ0v) is 19.9. The molecular formula is C29H50. The first-order valence-corrected chi connectivity index (χ1v) is 13.1. The minimum atomic E-state index is 1.26. The van der Waals surface area contributed by atoms with Crippen molar-refractivity contribution < 1.29 is 0 Å². The third-order valence-corrected chi connectivity index (χ3v) is 6.04. The molecule has 0 unspecified atom stereocenters. The van der Waals surface area contributed by atoms with Crippen LogP contribution in [-0.4, -0.2) is 0 Å². The maximum absolute atomic E-state index is 2.45. The van der Waals surface area contributed by atoms with Crippen LogP contribution < -0.4 is 0 Å². The van der Waals surface area contributed by atoms with Gasteiger partial charge in [0.1, 0.15) is 0 Å². The van der Waals surface area contributed by atoms with Crippen LogP contribution >= 0.6 is 0 Å². The van der Waals surface area contributed by atoms with Crippen LogP contribution in [0, 0.1) is 0 Å². The van der Waals surface area contributed by atoms with E-state index in [-0.39, 0.29) is 0 Å². The number of benzene rings is 1. The number of rotatable bonds is 20. The topological polar surface area (TPSA) is 0 Å². The summed E-state index contributed by atoms with van der Waals surface area (Å²) in [5.41, 5.74) is 3.09. The number of unbranched alkanes of at least 4 members (excludes halogenated alkanes) is 14. The highest BCUT2D eigenvalue weighted by Gasteiger charge is 1.98. The van der Waals surface area contributed by atoms with Gasteiger partial charge in [0.15, 0.2) is 0 Å². The highest BCUT2D eigenvalue weighted by atomic mass is 14.0. The Bertz CT molecular complexity index is 485. The van der Waals surface area contributed by atoms with E-state index >= 15 is 0 Å². The molecule has 0 aliphatic heterocycles. The summed E-state index contributed by atoms with van der Waals surface area (Å²) >= 11 is 0. The van der Waals surface area contributed by atoms with Crippen LogP contribution in [0.3, 0.4) is 0 Å². The standard InChI is InChI=1S/C29H50/c1-3-5-7-8-9-10-11-12-13-14-15-16-17-18-19-21-24-29-26-22-25-28(27-29)23-20-6-4-2/h12-13,22,25-27H,3-11,14-21,23-24H2,1-2H3/b13-12-. The molecule has 0 spiro atoms. The summed E-state index contributed by atoms with van der Waals surface area (Å²) in [5.74, 6) is 0. The third kappa shape index (κ3) is 16.4. The summed E-state index contributed by atoms with van der Waals surface area (Å²) < 4.78 is 0. The molecule has 0 saturated heterocycles. The summed E-state index contributed by atoms with van der Waals surface area (Å²) in [4.78, 5) is 0. The largest absolute Gasteiger partial charge is 0.0885 e. The van der Waals surface area contributed by atoms with Crippen LogP contribution in [0.5, 0.6) is 0 Å². The number of hydrogen-bond donors (Lipinski definition) is 0. The lowest BCUT2D eigenvalue weighted by atomic mass is 10.0. The van der Waals surface area contributed by atoms with Gasteiger partial charge in [0.2, 0.25) is 0 Å². The van der Waals surface area contributed by atoms with Crippen molar-refractivity contribution in [3.05, 3.63) is 47.5 Å². The molecule has 0 radical (unpaired) electrons. The molecule has 0 heterocycles. The van der Waals surface area contributed by atoms with E-state index < -0.39 is 0 Å². The second kappa shape index (κ2) is 20.2. The summed E-state index contributed by atoms with van der Waals surface area (Å²) in [6.07, 6.45) is 30.8. The van der Waals surface area contributed by atoms with Gasteiger partial charge in [-0.3, -0.25) is 0 Å². The van der Waals surface area contributed by atoms with E-state index in [0.29, 0.717) is 0 Å². The van der Waals surface area contributed by atoms with Crippen LogP contribution in [0.1, 0.15) is 134 Å². The molecule has 29 heavy (non-hydrogen) atoms. The first kappa shape index (κ1) is 26.0. The second-order valence-electron chi connectivity index (χ2n) is 8.96. The maximum atomic E-state index is 2.45. The normalized spacial score (nSPS) is 11.5. The Balaban J connectivity index is 1.90. The monoisotopic (exact) mass is 398 g/mol. The Labute approximate surface area is 183 Å². The Hall–Kier alpha value is -1.04. The minimum absolute atomic E-state index is 1.26. The van der Waals surface area contributed by atoms with Crippen LogP contribution in [0.15, 0.2) is 36.4 Å². The molecule has 0 aliphatic carbocycles. The molecule has 166 valence electrons. The molecule has 0 atom stereocenters. The van der Waals surface area contributed by atoms with Crippen molar-refractivity contribution in [1.82, 2.24) is 0 Å². The Morgan fingerprint density at radius 1 is 0.517 bits per heavy atom. The van der Waals surface area contributed by atoms with Gasteiger partial charge in [-0.1, -0.05) is 121 Å². The lowest BCUT2D eigenvalue weighted by molar-refractivity contribution is 0.595. The van der Waals surface area contributed by atoms with Crippen molar-refractivity contribution in [3.8, 4) is 0 Å². The quantitative estimate of drug-likeness (QED) is 0.151. The molecule has 0 aliphatic rings. The van der Waals surface area contributed by atoms with E-state index in [4.69, 9.17) is 0 Å². The molecule has 0 bridgehead atoms. The van der Waals surface area contributed by atoms with Crippen molar-refractivity contribution >= 4 is 0 Å². The smallest absolute Gasteiger partial charge is 0.0279 e. The molecule has 0 N–H and O–H groups in total. The number of allylic oxidation sites excluding steroid dienone is 2. The van der Waals surface area contributed by atoms with Gasteiger partial charge in [-0.2, -0.15) is 0 Å². The Kier molecular flexibility index (Phi) is 18.1. The van der Waals surface area contributed by atoms with Crippen LogP contribution in [-0.2, 0) is 12.8 Å². The summed E-state index contributed by atoms with van der Waals surface area (Å²) in [6, 6.07) is 9.34. The molecule has 1 aromatic rings. The predicted octanol–water partition coefficient (Wildman–Crippen LogP) is 10.00. The van der Waals surface area contributed by atoms with Crippen molar-refractivity contribution in [1.29, 1.82) is 0 Å². The average Bonchev–Trinajstić information content (AvgIpc) is 2.74. The lowest BCUT2D eigenvalue weighted by Gasteiger charge is -2.06. The molecule has 1 aromatic carbocycles. The van der Waals surface area contributed by atoms with Gasteiger partial charge in [0, 0.05) is 0 Å². The van der Waals surface area contributed by atoms with Gasteiger partial charge < -0.3 is 0 Å².